The molecule has 1 aliphatic rings. The Labute approximate surface area is 220 Å². The van der Waals surface area contributed by atoms with Gasteiger partial charge in [-0.2, -0.15) is 0 Å². The van der Waals surface area contributed by atoms with E-state index in [-0.39, 0.29) is 30.4 Å². The fourth-order valence-electron chi connectivity index (χ4n) is 5.01. The molecule has 1 atom stereocenters. The van der Waals surface area contributed by atoms with Gasteiger partial charge in [0.25, 0.3) is 5.91 Å². The Morgan fingerprint density at radius 1 is 0.865 bits per heavy atom. The van der Waals surface area contributed by atoms with E-state index in [2.05, 4.69) is 19.2 Å². The van der Waals surface area contributed by atoms with Gasteiger partial charge in [0.15, 0.2) is 6.61 Å². The van der Waals surface area contributed by atoms with Crippen molar-refractivity contribution in [1.82, 2.24) is 10.2 Å². The van der Waals surface area contributed by atoms with E-state index in [0.29, 0.717) is 18.7 Å². The largest absolute Gasteiger partial charge is 0.483 e. The molecule has 194 valence electrons. The summed E-state index contributed by atoms with van der Waals surface area (Å²) in [4.78, 5) is 29.2. The Kier molecular flexibility index (Phi) is 9.36. The van der Waals surface area contributed by atoms with Crippen molar-refractivity contribution in [3.05, 3.63) is 102 Å². The van der Waals surface area contributed by atoms with Gasteiger partial charge in [0.1, 0.15) is 11.8 Å². The Hall–Kier alpha value is -3.60. The van der Waals surface area contributed by atoms with Crippen LogP contribution in [0.15, 0.2) is 84.9 Å². The quantitative estimate of drug-likeness (QED) is 0.359. The van der Waals surface area contributed by atoms with Crippen molar-refractivity contribution in [2.24, 2.45) is 0 Å². The van der Waals surface area contributed by atoms with E-state index in [1.54, 1.807) is 4.90 Å². The van der Waals surface area contributed by atoms with Crippen LogP contribution in [-0.2, 0) is 22.6 Å². The van der Waals surface area contributed by atoms with E-state index >= 15 is 0 Å². The SMILES string of the molecule is CC(C)c1ccccc1OCC(=O)N(Cc1ccccc1)[C@@H](Cc1ccccc1)C(=O)NC1CCCC1. The number of nitrogens with zero attached hydrogens (tertiary/aromatic N) is 1. The van der Waals surface area contributed by atoms with Crippen LogP contribution in [0.2, 0.25) is 0 Å². The summed E-state index contributed by atoms with van der Waals surface area (Å²) in [6.07, 6.45) is 4.69. The molecule has 0 radical (unpaired) electrons. The molecule has 5 nitrogen and oxygen atoms in total. The zero-order valence-corrected chi connectivity index (χ0v) is 21.9. The van der Waals surface area contributed by atoms with E-state index in [1.807, 2.05) is 84.9 Å². The molecule has 3 aromatic carbocycles. The second-order valence-electron chi connectivity index (χ2n) is 10.2. The smallest absolute Gasteiger partial charge is 0.261 e. The first kappa shape index (κ1) is 26.5. The molecule has 0 saturated heterocycles. The molecule has 0 heterocycles. The van der Waals surface area contributed by atoms with Crippen molar-refractivity contribution in [3.63, 3.8) is 0 Å². The van der Waals surface area contributed by atoms with E-state index in [1.165, 1.54) is 0 Å². The molecule has 0 bridgehead atoms. The van der Waals surface area contributed by atoms with Gasteiger partial charge in [0, 0.05) is 19.0 Å². The number of carbonyl (C=O) groups excluding carboxylic acids is 2. The van der Waals surface area contributed by atoms with Gasteiger partial charge in [-0.15, -0.1) is 0 Å². The van der Waals surface area contributed by atoms with Gasteiger partial charge in [0.2, 0.25) is 5.91 Å². The van der Waals surface area contributed by atoms with Gasteiger partial charge >= 0.3 is 0 Å². The first-order valence-electron chi connectivity index (χ1n) is 13.4. The summed E-state index contributed by atoms with van der Waals surface area (Å²) < 4.78 is 6.07. The van der Waals surface area contributed by atoms with Crippen molar-refractivity contribution in [2.75, 3.05) is 6.61 Å². The van der Waals surface area contributed by atoms with Crippen LogP contribution in [0.25, 0.3) is 0 Å². The molecule has 5 heteroatoms. The zero-order chi connectivity index (χ0) is 26.0. The lowest BCUT2D eigenvalue weighted by Crippen LogP contribution is -2.53. The number of hydrogen-bond acceptors (Lipinski definition) is 3. The molecule has 3 aromatic rings. The summed E-state index contributed by atoms with van der Waals surface area (Å²) in [6, 6.07) is 27.1. The van der Waals surface area contributed by atoms with Crippen LogP contribution in [-0.4, -0.2) is 35.4 Å². The first-order valence-corrected chi connectivity index (χ1v) is 13.4. The lowest BCUT2D eigenvalue weighted by molar-refractivity contribution is -0.143. The maximum atomic E-state index is 13.8. The third-order valence-corrected chi connectivity index (χ3v) is 7.06. The molecule has 4 rings (SSSR count). The van der Waals surface area contributed by atoms with E-state index in [4.69, 9.17) is 4.74 Å². The van der Waals surface area contributed by atoms with Gasteiger partial charge in [-0.1, -0.05) is 106 Å². The Bertz CT molecular complexity index is 1140. The normalized spacial score (nSPS) is 14.4. The summed E-state index contributed by atoms with van der Waals surface area (Å²) in [5.41, 5.74) is 3.06. The molecule has 1 saturated carbocycles. The number of amides is 2. The van der Waals surface area contributed by atoms with Gasteiger partial charge in [-0.05, 0) is 41.5 Å². The Balaban J connectivity index is 1.60. The van der Waals surface area contributed by atoms with E-state index in [0.717, 1.165) is 42.4 Å². The van der Waals surface area contributed by atoms with Crippen LogP contribution < -0.4 is 10.1 Å². The standard InChI is InChI=1S/C32H38N2O3/c1-24(2)28-19-11-12-20-30(28)37-23-31(35)34(22-26-15-7-4-8-16-26)29(21-25-13-5-3-6-14-25)32(36)33-27-17-9-10-18-27/h3-8,11-16,19-20,24,27,29H,9-10,17-18,21-23H2,1-2H3,(H,33,36)/t29-/m0/s1. The minimum absolute atomic E-state index is 0.0948. The molecule has 0 aromatic heterocycles. The van der Waals surface area contributed by atoms with Crippen LogP contribution in [0.5, 0.6) is 5.75 Å². The fraction of sp³-hybridized carbons (Fsp3) is 0.375. The molecule has 0 unspecified atom stereocenters. The molecule has 1 fully saturated rings. The molecule has 37 heavy (non-hydrogen) atoms. The summed E-state index contributed by atoms with van der Waals surface area (Å²) in [5.74, 6) is 0.683. The maximum Gasteiger partial charge on any atom is 0.261 e. The molecular weight excluding hydrogens is 460 g/mol. The van der Waals surface area contributed by atoms with Gasteiger partial charge < -0.3 is 15.0 Å². The molecule has 1 aliphatic carbocycles. The number of carbonyl (C=O) groups is 2. The Morgan fingerprint density at radius 2 is 1.46 bits per heavy atom. The number of ether oxygens (including phenoxy) is 1. The van der Waals surface area contributed by atoms with Crippen LogP contribution in [0.4, 0.5) is 0 Å². The predicted molar refractivity (Wildman–Crippen MR) is 147 cm³/mol. The molecular formula is C32H38N2O3. The monoisotopic (exact) mass is 498 g/mol. The lowest BCUT2D eigenvalue weighted by Gasteiger charge is -2.32. The van der Waals surface area contributed by atoms with Crippen molar-refractivity contribution in [3.8, 4) is 5.75 Å². The number of hydrogen-bond donors (Lipinski definition) is 1. The number of rotatable bonds is 11. The maximum absolute atomic E-state index is 13.8. The highest BCUT2D eigenvalue weighted by molar-refractivity contribution is 5.88. The third-order valence-electron chi connectivity index (χ3n) is 7.06. The predicted octanol–water partition coefficient (Wildman–Crippen LogP) is 5.89. The van der Waals surface area contributed by atoms with E-state index < -0.39 is 6.04 Å². The highest BCUT2D eigenvalue weighted by Gasteiger charge is 2.32. The van der Waals surface area contributed by atoms with Crippen LogP contribution in [0.1, 0.15) is 62.1 Å². The highest BCUT2D eigenvalue weighted by atomic mass is 16.5. The second kappa shape index (κ2) is 13.1. The van der Waals surface area contributed by atoms with Crippen molar-refractivity contribution in [2.45, 2.75) is 70.5 Å². The van der Waals surface area contributed by atoms with E-state index in [9.17, 15) is 9.59 Å². The number of para-hydroxylation sites is 1. The van der Waals surface area contributed by atoms with Crippen molar-refractivity contribution < 1.29 is 14.3 Å². The molecule has 0 spiro atoms. The number of nitrogens with one attached hydrogen (secondary N) is 1. The summed E-state index contributed by atoms with van der Waals surface area (Å²) in [7, 11) is 0. The summed E-state index contributed by atoms with van der Waals surface area (Å²) >= 11 is 0. The van der Waals surface area contributed by atoms with Gasteiger partial charge in [-0.3, -0.25) is 9.59 Å². The lowest BCUT2D eigenvalue weighted by atomic mass is 10.0. The van der Waals surface area contributed by atoms with Gasteiger partial charge in [0.05, 0.1) is 0 Å². The molecule has 2 amide bonds. The summed E-state index contributed by atoms with van der Waals surface area (Å²) in [5, 5.41) is 3.24. The second-order valence-corrected chi connectivity index (χ2v) is 10.2. The van der Waals surface area contributed by atoms with Crippen LogP contribution in [0, 0.1) is 0 Å². The van der Waals surface area contributed by atoms with Crippen molar-refractivity contribution >= 4 is 11.8 Å². The number of benzene rings is 3. The van der Waals surface area contributed by atoms with Gasteiger partial charge in [-0.25, -0.2) is 0 Å². The Morgan fingerprint density at radius 3 is 2.11 bits per heavy atom. The minimum Gasteiger partial charge on any atom is -0.483 e. The first-order chi connectivity index (χ1) is 18.0. The third kappa shape index (κ3) is 7.45. The fourth-order valence-corrected chi connectivity index (χ4v) is 5.01. The topological polar surface area (TPSA) is 58.6 Å². The summed E-state index contributed by atoms with van der Waals surface area (Å²) in [6.45, 7) is 4.42. The zero-order valence-electron chi connectivity index (χ0n) is 21.9. The molecule has 1 N–H and O–H groups in total. The minimum atomic E-state index is -0.639. The van der Waals surface area contributed by atoms with Crippen LogP contribution in [0.3, 0.4) is 0 Å². The average molecular weight is 499 g/mol. The van der Waals surface area contributed by atoms with Crippen LogP contribution >= 0.6 is 0 Å². The molecule has 0 aliphatic heterocycles. The van der Waals surface area contributed by atoms with Crippen molar-refractivity contribution in [1.29, 1.82) is 0 Å². The average Bonchev–Trinajstić information content (AvgIpc) is 3.43. The highest BCUT2D eigenvalue weighted by Crippen LogP contribution is 2.26.